The fourth-order valence-corrected chi connectivity index (χ4v) is 3.95. The highest BCUT2D eigenvalue weighted by Crippen LogP contribution is 2.44. The zero-order valence-corrected chi connectivity index (χ0v) is 14.1. The van der Waals surface area contributed by atoms with E-state index in [0.717, 1.165) is 16.3 Å². The van der Waals surface area contributed by atoms with Gasteiger partial charge in [-0.1, -0.05) is 28.8 Å². The van der Waals surface area contributed by atoms with Crippen molar-refractivity contribution in [1.29, 1.82) is 0 Å². The lowest BCUT2D eigenvalue weighted by Crippen LogP contribution is -2.29. The van der Waals surface area contributed by atoms with E-state index in [2.05, 4.69) is 58.4 Å². The quantitative estimate of drug-likeness (QED) is 0.841. The third-order valence-electron chi connectivity index (χ3n) is 4.80. The van der Waals surface area contributed by atoms with Crippen molar-refractivity contribution in [1.82, 2.24) is 0 Å². The van der Waals surface area contributed by atoms with Crippen LogP contribution in [0.15, 0.2) is 22.7 Å². The fraction of sp³-hybridized carbons (Fsp3) is 0.647. The molecule has 0 aliphatic heterocycles. The maximum absolute atomic E-state index is 3.81. The average Bonchev–Trinajstić information content (AvgIpc) is 3.23. The summed E-state index contributed by atoms with van der Waals surface area (Å²) in [5.41, 5.74) is 2.55. The highest BCUT2D eigenvalue weighted by molar-refractivity contribution is 9.10. The Bertz CT molecular complexity index is 468. The van der Waals surface area contributed by atoms with Crippen molar-refractivity contribution in [3.8, 4) is 0 Å². The third kappa shape index (κ3) is 3.30. The van der Waals surface area contributed by atoms with E-state index in [9.17, 15) is 0 Å². The van der Waals surface area contributed by atoms with Crippen molar-refractivity contribution >= 4 is 27.3 Å². The highest BCUT2D eigenvalue weighted by atomic mass is 79.9. The van der Waals surface area contributed by atoms with Crippen molar-refractivity contribution in [2.24, 2.45) is 11.8 Å². The molecule has 0 radical (unpaired) electrons. The van der Waals surface area contributed by atoms with Gasteiger partial charge in [-0.2, -0.15) is 0 Å². The summed E-state index contributed by atoms with van der Waals surface area (Å²) < 4.78 is 1.15. The molecule has 2 aliphatic rings. The van der Waals surface area contributed by atoms with Crippen LogP contribution in [0.3, 0.4) is 0 Å². The topological polar surface area (TPSA) is 15.3 Å². The van der Waals surface area contributed by atoms with E-state index in [0.29, 0.717) is 6.04 Å². The lowest BCUT2D eigenvalue weighted by atomic mass is 9.82. The molecule has 110 valence electrons. The predicted octanol–water partition coefficient (Wildman–Crippen LogP) is 4.90. The number of nitrogens with one attached hydrogen (secondary N) is 1. The normalized spacial score (nSPS) is 26.4. The van der Waals surface area contributed by atoms with Gasteiger partial charge in [0, 0.05) is 24.6 Å². The summed E-state index contributed by atoms with van der Waals surface area (Å²) in [7, 11) is 4.23. The molecule has 2 atom stereocenters. The monoisotopic (exact) mass is 336 g/mol. The molecule has 2 nitrogen and oxygen atoms in total. The first-order valence-corrected chi connectivity index (χ1v) is 8.66. The molecule has 2 aliphatic carbocycles. The molecule has 1 aromatic carbocycles. The van der Waals surface area contributed by atoms with Gasteiger partial charge in [-0.05, 0) is 55.7 Å². The number of benzene rings is 1. The Morgan fingerprint density at radius 3 is 2.60 bits per heavy atom. The standard InChI is InChI=1S/C17H25BrN2/c1-20(2)17-9-8-14(18)11-16(17)19-15-5-3-4-13(10-15)12-6-7-12/h8-9,11-13,15,19H,3-7,10H2,1-2H3. The van der Waals surface area contributed by atoms with Crippen molar-refractivity contribution in [2.75, 3.05) is 24.3 Å². The molecule has 1 N–H and O–H groups in total. The second kappa shape index (κ2) is 5.97. The molecule has 1 aromatic rings. The number of anilines is 2. The minimum atomic E-state index is 0.655. The summed E-state index contributed by atoms with van der Waals surface area (Å²) >= 11 is 3.60. The molecule has 0 heterocycles. The van der Waals surface area contributed by atoms with E-state index in [1.54, 1.807) is 0 Å². The van der Waals surface area contributed by atoms with Crippen LogP contribution in [0.4, 0.5) is 11.4 Å². The maximum Gasteiger partial charge on any atom is 0.0597 e. The Balaban J connectivity index is 1.71. The zero-order valence-electron chi connectivity index (χ0n) is 12.5. The predicted molar refractivity (Wildman–Crippen MR) is 90.6 cm³/mol. The van der Waals surface area contributed by atoms with Crippen LogP contribution in [0.25, 0.3) is 0 Å². The molecule has 2 unspecified atom stereocenters. The lowest BCUT2D eigenvalue weighted by Gasteiger charge is -2.32. The summed E-state index contributed by atoms with van der Waals surface area (Å²) in [5.74, 6) is 2.03. The minimum Gasteiger partial charge on any atom is -0.381 e. The Labute approximate surface area is 131 Å². The third-order valence-corrected chi connectivity index (χ3v) is 5.30. The van der Waals surface area contributed by atoms with E-state index < -0.39 is 0 Å². The number of rotatable bonds is 4. The Morgan fingerprint density at radius 1 is 1.10 bits per heavy atom. The van der Waals surface area contributed by atoms with E-state index in [1.165, 1.54) is 49.9 Å². The second-order valence-corrected chi connectivity index (χ2v) is 7.58. The molecule has 0 spiro atoms. The molecule has 20 heavy (non-hydrogen) atoms. The van der Waals surface area contributed by atoms with Gasteiger partial charge in [0.15, 0.2) is 0 Å². The summed E-state index contributed by atoms with van der Waals surface area (Å²) in [6.07, 6.45) is 8.51. The molecular formula is C17H25BrN2. The number of nitrogens with zero attached hydrogens (tertiary/aromatic N) is 1. The van der Waals surface area contributed by atoms with Gasteiger partial charge in [0.05, 0.1) is 11.4 Å². The Hall–Kier alpha value is -0.700. The first-order chi connectivity index (χ1) is 9.63. The molecule has 3 rings (SSSR count). The number of hydrogen-bond acceptors (Lipinski definition) is 2. The minimum absolute atomic E-state index is 0.655. The van der Waals surface area contributed by atoms with Crippen LogP contribution >= 0.6 is 15.9 Å². The van der Waals surface area contributed by atoms with Crippen LogP contribution in [0.2, 0.25) is 0 Å². The van der Waals surface area contributed by atoms with Crippen LogP contribution in [-0.4, -0.2) is 20.1 Å². The molecule has 3 heteroatoms. The molecule has 0 amide bonds. The lowest BCUT2D eigenvalue weighted by molar-refractivity contribution is 0.303. The van der Waals surface area contributed by atoms with Crippen LogP contribution < -0.4 is 10.2 Å². The van der Waals surface area contributed by atoms with Crippen LogP contribution in [0.1, 0.15) is 38.5 Å². The molecular weight excluding hydrogens is 312 g/mol. The van der Waals surface area contributed by atoms with Crippen molar-refractivity contribution in [3.05, 3.63) is 22.7 Å². The van der Waals surface area contributed by atoms with E-state index >= 15 is 0 Å². The van der Waals surface area contributed by atoms with E-state index in [4.69, 9.17) is 0 Å². The van der Waals surface area contributed by atoms with Crippen LogP contribution in [-0.2, 0) is 0 Å². The summed E-state index contributed by atoms with van der Waals surface area (Å²) in [6.45, 7) is 0. The average molecular weight is 337 g/mol. The molecule has 0 aromatic heterocycles. The van der Waals surface area contributed by atoms with Crippen molar-refractivity contribution in [2.45, 2.75) is 44.6 Å². The Kier molecular flexibility index (Phi) is 4.25. The van der Waals surface area contributed by atoms with Gasteiger partial charge in [0.2, 0.25) is 0 Å². The van der Waals surface area contributed by atoms with E-state index in [1.807, 2.05) is 0 Å². The highest BCUT2D eigenvalue weighted by Gasteiger charge is 2.34. The van der Waals surface area contributed by atoms with Gasteiger partial charge in [0.25, 0.3) is 0 Å². The van der Waals surface area contributed by atoms with Gasteiger partial charge >= 0.3 is 0 Å². The summed E-state index contributed by atoms with van der Waals surface area (Å²) in [4.78, 5) is 2.19. The summed E-state index contributed by atoms with van der Waals surface area (Å²) in [5, 5.41) is 3.81. The van der Waals surface area contributed by atoms with Gasteiger partial charge < -0.3 is 10.2 Å². The van der Waals surface area contributed by atoms with Crippen LogP contribution in [0.5, 0.6) is 0 Å². The van der Waals surface area contributed by atoms with Crippen LogP contribution in [0, 0.1) is 11.8 Å². The largest absolute Gasteiger partial charge is 0.381 e. The molecule has 0 saturated heterocycles. The van der Waals surface area contributed by atoms with Gasteiger partial charge in [-0.3, -0.25) is 0 Å². The van der Waals surface area contributed by atoms with Gasteiger partial charge in [-0.25, -0.2) is 0 Å². The molecule has 2 fully saturated rings. The van der Waals surface area contributed by atoms with Crippen molar-refractivity contribution < 1.29 is 0 Å². The SMILES string of the molecule is CN(C)c1ccc(Br)cc1NC1CCCC(C2CC2)C1. The number of halogens is 1. The fourth-order valence-electron chi connectivity index (χ4n) is 3.59. The molecule has 2 saturated carbocycles. The van der Waals surface area contributed by atoms with Crippen molar-refractivity contribution in [3.63, 3.8) is 0 Å². The molecule has 0 bridgehead atoms. The zero-order chi connectivity index (χ0) is 14.1. The summed E-state index contributed by atoms with van der Waals surface area (Å²) in [6, 6.07) is 7.18. The second-order valence-electron chi connectivity index (χ2n) is 6.66. The number of hydrogen-bond donors (Lipinski definition) is 1. The first-order valence-electron chi connectivity index (χ1n) is 7.87. The Morgan fingerprint density at radius 2 is 1.90 bits per heavy atom. The van der Waals surface area contributed by atoms with Gasteiger partial charge in [-0.15, -0.1) is 0 Å². The maximum atomic E-state index is 3.81. The smallest absolute Gasteiger partial charge is 0.0597 e. The first kappa shape index (κ1) is 14.2. The van der Waals surface area contributed by atoms with E-state index in [-0.39, 0.29) is 0 Å². The van der Waals surface area contributed by atoms with Gasteiger partial charge in [0.1, 0.15) is 0 Å².